The summed E-state index contributed by atoms with van der Waals surface area (Å²) in [5.41, 5.74) is -0.206. The molecule has 19 heavy (non-hydrogen) atoms. The molecule has 0 aromatic heterocycles. The van der Waals surface area contributed by atoms with Crippen molar-refractivity contribution in [3.05, 3.63) is 0 Å². The number of aliphatic hydroxyl groups is 1. The van der Waals surface area contributed by atoms with Crippen molar-refractivity contribution in [1.29, 1.82) is 0 Å². The van der Waals surface area contributed by atoms with E-state index in [0.29, 0.717) is 19.5 Å². The highest BCUT2D eigenvalue weighted by molar-refractivity contribution is 5.89. The number of rotatable bonds is 4. The van der Waals surface area contributed by atoms with Gasteiger partial charge in [0.15, 0.2) is 0 Å². The van der Waals surface area contributed by atoms with Gasteiger partial charge in [-0.2, -0.15) is 0 Å². The lowest BCUT2D eigenvalue weighted by atomic mass is 9.85. The van der Waals surface area contributed by atoms with E-state index in [4.69, 9.17) is 0 Å². The maximum absolute atomic E-state index is 12.2. The Labute approximate surface area is 114 Å². The second-order valence-electron chi connectivity index (χ2n) is 6.10. The van der Waals surface area contributed by atoms with Crippen molar-refractivity contribution in [1.82, 2.24) is 10.2 Å². The van der Waals surface area contributed by atoms with Crippen LogP contribution in [0.2, 0.25) is 0 Å². The molecule has 2 aliphatic rings. The second kappa shape index (κ2) is 5.49. The fourth-order valence-corrected chi connectivity index (χ4v) is 3.21. The molecule has 2 rings (SSSR count). The Morgan fingerprint density at radius 1 is 1.58 bits per heavy atom. The van der Waals surface area contributed by atoms with Gasteiger partial charge < -0.3 is 15.3 Å². The molecule has 0 aromatic carbocycles. The zero-order valence-corrected chi connectivity index (χ0v) is 11.8. The van der Waals surface area contributed by atoms with Gasteiger partial charge in [0.2, 0.25) is 11.8 Å². The largest absolute Gasteiger partial charge is 0.396 e. The zero-order chi connectivity index (χ0) is 14.0. The van der Waals surface area contributed by atoms with Gasteiger partial charge in [0.05, 0.1) is 12.5 Å². The van der Waals surface area contributed by atoms with Crippen LogP contribution in [-0.4, -0.2) is 47.6 Å². The molecule has 2 fully saturated rings. The van der Waals surface area contributed by atoms with Crippen molar-refractivity contribution in [3.63, 3.8) is 0 Å². The van der Waals surface area contributed by atoms with E-state index in [2.05, 4.69) is 5.32 Å². The number of carbonyl (C=O) groups excluding carboxylic acids is 2. The molecule has 108 valence electrons. The van der Waals surface area contributed by atoms with Crippen LogP contribution in [0.5, 0.6) is 0 Å². The van der Waals surface area contributed by atoms with Crippen LogP contribution in [0.15, 0.2) is 0 Å². The molecule has 5 nitrogen and oxygen atoms in total. The topological polar surface area (TPSA) is 69.6 Å². The van der Waals surface area contributed by atoms with Crippen LogP contribution >= 0.6 is 0 Å². The van der Waals surface area contributed by atoms with E-state index in [1.54, 1.807) is 4.90 Å². The Morgan fingerprint density at radius 3 is 2.89 bits per heavy atom. The molecule has 0 aromatic rings. The van der Waals surface area contributed by atoms with Crippen molar-refractivity contribution in [2.75, 3.05) is 19.7 Å². The maximum atomic E-state index is 12.2. The summed E-state index contributed by atoms with van der Waals surface area (Å²) < 4.78 is 0. The van der Waals surface area contributed by atoms with Gasteiger partial charge in [0, 0.05) is 31.0 Å². The predicted molar refractivity (Wildman–Crippen MR) is 71.3 cm³/mol. The van der Waals surface area contributed by atoms with Gasteiger partial charge in [-0.3, -0.25) is 9.59 Å². The summed E-state index contributed by atoms with van der Waals surface area (Å²) >= 11 is 0. The molecule has 2 amide bonds. The number of nitrogens with one attached hydrogen (secondary N) is 1. The van der Waals surface area contributed by atoms with Crippen LogP contribution in [0.3, 0.4) is 0 Å². The van der Waals surface area contributed by atoms with E-state index < -0.39 is 0 Å². The Bertz CT molecular complexity index is 372. The quantitative estimate of drug-likeness (QED) is 0.781. The van der Waals surface area contributed by atoms with Gasteiger partial charge in [-0.05, 0) is 19.8 Å². The number of likely N-dealkylation sites (tertiary alicyclic amines) is 1. The Hall–Kier alpha value is -1.10. The Kier molecular flexibility index (Phi) is 4.13. The number of hydrogen-bond acceptors (Lipinski definition) is 3. The summed E-state index contributed by atoms with van der Waals surface area (Å²) in [6.45, 7) is 5.24. The molecule has 0 spiro atoms. The van der Waals surface area contributed by atoms with E-state index in [-0.39, 0.29) is 35.8 Å². The van der Waals surface area contributed by atoms with Crippen molar-refractivity contribution >= 4 is 11.8 Å². The molecule has 3 unspecified atom stereocenters. The smallest absolute Gasteiger partial charge is 0.225 e. The molecule has 1 aliphatic heterocycles. The summed E-state index contributed by atoms with van der Waals surface area (Å²) in [5, 5.41) is 12.5. The number of amides is 2. The number of carbonyl (C=O) groups is 2. The molecule has 0 bridgehead atoms. The number of hydrogen-bond donors (Lipinski definition) is 2. The highest BCUT2D eigenvalue weighted by Crippen LogP contribution is 2.37. The lowest BCUT2D eigenvalue weighted by Gasteiger charge is -2.30. The van der Waals surface area contributed by atoms with Crippen LogP contribution in [0.25, 0.3) is 0 Å². The third-order valence-corrected chi connectivity index (χ3v) is 4.73. The van der Waals surface area contributed by atoms with Gasteiger partial charge in [-0.25, -0.2) is 0 Å². The highest BCUT2D eigenvalue weighted by Gasteiger charge is 2.41. The molecular weight excluding hydrogens is 244 g/mol. The lowest BCUT2D eigenvalue weighted by molar-refractivity contribution is -0.129. The number of aliphatic hydroxyl groups excluding tert-OH is 1. The molecule has 1 heterocycles. The number of nitrogens with zero attached hydrogens (tertiary/aromatic N) is 1. The molecule has 2 N–H and O–H groups in total. The minimum absolute atomic E-state index is 0.0316. The van der Waals surface area contributed by atoms with Gasteiger partial charge in [0.1, 0.15) is 0 Å². The fourth-order valence-electron chi connectivity index (χ4n) is 3.21. The molecule has 5 heteroatoms. The average molecular weight is 268 g/mol. The molecule has 1 saturated carbocycles. The molecule has 1 saturated heterocycles. The first kappa shape index (κ1) is 14.3. The third kappa shape index (κ3) is 2.76. The first-order chi connectivity index (χ1) is 9.00. The standard InChI is InChI=1S/C14H24N2O3/c1-3-16-8-10(7-12(16)18)13(19)15-11-5-4-6-14(11,2)9-17/h10-11,17H,3-9H2,1-2H3,(H,15,19). The van der Waals surface area contributed by atoms with Gasteiger partial charge >= 0.3 is 0 Å². The highest BCUT2D eigenvalue weighted by atomic mass is 16.3. The van der Waals surface area contributed by atoms with E-state index in [1.165, 1.54) is 0 Å². The first-order valence-corrected chi connectivity index (χ1v) is 7.19. The van der Waals surface area contributed by atoms with Crippen LogP contribution in [0.4, 0.5) is 0 Å². The van der Waals surface area contributed by atoms with Gasteiger partial charge in [-0.1, -0.05) is 13.3 Å². The van der Waals surface area contributed by atoms with E-state index in [1.807, 2.05) is 13.8 Å². The maximum Gasteiger partial charge on any atom is 0.225 e. The van der Waals surface area contributed by atoms with Crippen LogP contribution in [-0.2, 0) is 9.59 Å². The van der Waals surface area contributed by atoms with Crippen LogP contribution < -0.4 is 5.32 Å². The minimum Gasteiger partial charge on any atom is -0.396 e. The van der Waals surface area contributed by atoms with Gasteiger partial charge in [0.25, 0.3) is 0 Å². The molecule has 3 atom stereocenters. The van der Waals surface area contributed by atoms with Gasteiger partial charge in [-0.15, -0.1) is 0 Å². The molecular formula is C14H24N2O3. The third-order valence-electron chi connectivity index (χ3n) is 4.73. The molecule has 1 aliphatic carbocycles. The summed E-state index contributed by atoms with van der Waals surface area (Å²) in [6.07, 6.45) is 3.22. The normalized spacial score (nSPS) is 34.9. The summed E-state index contributed by atoms with van der Waals surface area (Å²) in [6, 6.07) is 0.0378. The Morgan fingerprint density at radius 2 is 2.32 bits per heavy atom. The van der Waals surface area contributed by atoms with E-state index in [9.17, 15) is 14.7 Å². The van der Waals surface area contributed by atoms with Crippen molar-refractivity contribution in [2.45, 2.75) is 45.6 Å². The zero-order valence-electron chi connectivity index (χ0n) is 11.8. The monoisotopic (exact) mass is 268 g/mol. The predicted octanol–water partition coefficient (Wildman–Crippen LogP) is 0.522. The second-order valence-corrected chi connectivity index (χ2v) is 6.10. The summed E-state index contributed by atoms with van der Waals surface area (Å²) in [7, 11) is 0. The van der Waals surface area contributed by atoms with E-state index in [0.717, 1.165) is 19.3 Å². The van der Waals surface area contributed by atoms with Crippen LogP contribution in [0, 0.1) is 11.3 Å². The average Bonchev–Trinajstić information content (AvgIpc) is 2.94. The lowest BCUT2D eigenvalue weighted by Crippen LogP contribution is -2.47. The van der Waals surface area contributed by atoms with Crippen molar-refractivity contribution in [2.24, 2.45) is 11.3 Å². The van der Waals surface area contributed by atoms with Crippen molar-refractivity contribution in [3.8, 4) is 0 Å². The minimum atomic E-state index is -0.226. The Balaban J connectivity index is 1.93. The SMILES string of the molecule is CCN1CC(C(=O)NC2CCCC2(C)CO)CC1=O. The van der Waals surface area contributed by atoms with E-state index >= 15 is 0 Å². The fraction of sp³-hybridized carbons (Fsp3) is 0.857. The summed E-state index contributed by atoms with van der Waals surface area (Å²) in [5.74, 6) is -0.189. The van der Waals surface area contributed by atoms with Crippen molar-refractivity contribution < 1.29 is 14.7 Å². The molecule has 0 radical (unpaired) electrons. The first-order valence-electron chi connectivity index (χ1n) is 7.19. The summed E-state index contributed by atoms with van der Waals surface area (Å²) in [4.78, 5) is 25.6. The van der Waals surface area contributed by atoms with Crippen LogP contribution in [0.1, 0.15) is 39.5 Å².